The zero-order valence-electron chi connectivity index (χ0n) is 24.7. The Morgan fingerprint density at radius 1 is 0.953 bits per heavy atom. The van der Waals surface area contributed by atoms with Gasteiger partial charge in [-0.25, -0.2) is 4.79 Å². The monoisotopic (exact) mass is 668 g/mol. The molecule has 226 valence electrons. The molecule has 3 aromatic carbocycles. The van der Waals surface area contributed by atoms with Crippen LogP contribution in [0.1, 0.15) is 99.6 Å². The first-order valence-corrected chi connectivity index (χ1v) is 15.9. The van der Waals surface area contributed by atoms with Crippen molar-refractivity contribution in [1.82, 2.24) is 0 Å². The predicted octanol–water partition coefficient (Wildman–Crippen LogP) is 7.90. The van der Waals surface area contributed by atoms with E-state index in [2.05, 4.69) is 15.9 Å². The lowest BCUT2D eigenvalue weighted by molar-refractivity contribution is 0.0693. The fourth-order valence-electron chi connectivity index (χ4n) is 4.84. The van der Waals surface area contributed by atoms with Crippen molar-refractivity contribution >= 4 is 37.8 Å². The van der Waals surface area contributed by atoms with Crippen LogP contribution >= 0.6 is 15.9 Å². The van der Waals surface area contributed by atoms with Crippen molar-refractivity contribution in [1.29, 1.82) is 0 Å². The van der Waals surface area contributed by atoms with E-state index < -0.39 is 32.3 Å². The van der Waals surface area contributed by atoms with Gasteiger partial charge in [-0.05, 0) is 72.7 Å². The summed E-state index contributed by atoms with van der Waals surface area (Å²) in [4.78, 5) is 25.0. The van der Waals surface area contributed by atoms with Crippen molar-refractivity contribution in [2.45, 2.75) is 64.7 Å². The van der Waals surface area contributed by atoms with E-state index >= 15 is 0 Å². The van der Waals surface area contributed by atoms with E-state index in [0.29, 0.717) is 40.2 Å². The summed E-state index contributed by atoms with van der Waals surface area (Å²) in [7, 11) is -4.48. The molecule has 8 nitrogen and oxygen atoms in total. The molecule has 2 N–H and O–H groups in total. The third-order valence-electron chi connectivity index (χ3n) is 7.33. The van der Waals surface area contributed by atoms with Crippen molar-refractivity contribution < 1.29 is 36.8 Å². The van der Waals surface area contributed by atoms with Gasteiger partial charge in [-0.1, -0.05) is 61.8 Å². The largest absolute Gasteiger partial charge is 0.507 e. The molecule has 4 rings (SSSR count). The van der Waals surface area contributed by atoms with Crippen LogP contribution in [0.3, 0.4) is 0 Å². The number of carboxylic acid groups (broad SMARTS) is 1. The van der Waals surface area contributed by atoms with Gasteiger partial charge >= 0.3 is 16.1 Å². The highest BCUT2D eigenvalue weighted by Crippen LogP contribution is 2.39. The second-order valence-corrected chi connectivity index (χ2v) is 13.4. The second kappa shape index (κ2) is 12.4. The van der Waals surface area contributed by atoms with E-state index in [1.165, 1.54) is 0 Å². The maximum atomic E-state index is 14.2. The zero-order chi connectivity index (χ0) is 31.8. The Labute approximate surface area is 259 Å². The van der Waals surface area contributed by atoms with Gasteiger partial charge in [0.15, 0.2) is 5.78 Å². The first kappa shape index (κ1) is 32.0. The number of aryl methyl sites for hydroxylation is 1. The van der Waals surface area contributed by atoms with Crippen LogP contribution in [0, 0.1) is 13.8 Å². The summed E-state index contributed by atoms with van der Waals surface area (Å²) in [6, 6.07) is 13.9. The molecular formula is C33H33BrO8S. The smallest absolute Gasteiger partial charge is 0.339 e. The molecule has 1 aromatic heterocycles. The van der Waals surface area contributed by atoms with Gasteiger partial charge in [0.1, 0.15) is 33.5 Å². The van der Waals surface area contributed by atoms with Crippen LogP contribution in [0.15, 0.2) is 68.4 Å². The molecule has 43 heavy (non-hydrogen) atoms. The van der Waals surface area contributed by atoms with Gasteiger partial charge in [-0.15, -0.1) is 0 Å². The summed E-state index contributed by atoms with van der Waals surface area (Å²) in [5.74, 6) is -1.53. The molecule has 0 saturated carbocycles. The quantitative estimate of drug-likeness (QED) is 0.129. The summed E-state index contributed by atoms with van der Waals surface area (Å²) < 4.78 is 39.4. The lowest BCUT2D eigenvalue weighted by atomic mass is 9.88. The molecule has 0 bridgehead atoms. The van der Waals surface area contributed by atoms with Crippen LogP contribution in [-0.4, -0.2) is 30.4 Å². The van der Waals surface area contributed by atoms with E-state index in [1.807, 2.05) is 65.8 Å². The van der Waals surface area contributed by atoms with E-state index in [1.54, 1.807) is 12.1 Å². The number of carbonyl (C=O) groups excluding carboxylic acids is 1. The van der Waals surface area contributed by atoms with Crippen LogP contribution in [0.2, 0.25) is 0 Å². The van der Waals surface area contributed by atoms with Crippen molar-refractivity contribution in [3.8, 4) is 11.5 Å². The third kappa shape index (κ3) is 6.55. The van der Waals surface area contributed by atoms with E-state index in [-0.39, 0.29) is 23.4 Å². The average Bonchev–Trinajstić information content (AvgIpc) is 3.21. The molecule has 0 unspecified atom stereocenters. The van der Waals surface area contributed by atoms with Crippen LogP contribution in [0.5, 0.6) is 11.5 Å². The van der Waals surface area contributed by atoms with Gasteiger partial charge in [0.25, 0.3) is 0 Å². The van der Waals surface area contributed by atoms with Crippen LogP contribution < -0.4 is 4.18 Å². The van der Waals surface area contributed by atoms with Gasteiger partial charge in [-0.3, -0.25) is 4.79 Å². The summed E-state index contributed by atoms with van der Waals surface area (Å²) in [5.41, 5.74) is 3.12. The highest BCUT2D eigenvalue weighted by molar-refractivity contribution is 9.10. The average molecular weight is 670 g/mol. The van der Waals surface area contributed by atoms with Crippen molar-refractivity contribution in [3.63, 3.8) is 0 Å². The number of furan rings is 1. The molecule has 0 atom stereocenters. The Bertz CT molecular complexity index is 1800. The number of phenols is 1. The first-order valence-electron chi connectivity index (χ1n) is 13.7. The molecular weight excluding hydrogens is 636 g/mol. The molecule has 0 saturated heterocycles. The van der Waals surface area contributed by atoms with E-state index in [9.17, 15) is 28.2 Å². The van der Waals surface area contributed by atoms with Gasteiger partial charge in [0.2, 0.25) is 0 Å². The number of benzene rings is 3. The number of hydrogen-bond donors (Lipinski definition) is 2. The number of carbonyl (C=O) groups is 2. The maximum absolute atomic E-state index is 14.2. The molecule has 0 aliphatic rings. The van der Waals surface area contributed by atoms with E-state index in [0.717, 1.165) is 33.8 Å². The number of aromatic hydroxyl groups is 1. The fraction of sp³-hybridized carbons (Fsp3) is 0.273. The Balaban J connectivity index is 1.82. The number of aromatic carboxylic acids is 1. The number of hydrogen-bond acceptors (Lipinski definition) is 7. The minimum atomic E-state index is -4.48. The first-order chi connectivity index (χ1) is 20.1. The molecule has 0 spiro atoms. The summed E-state index contributed by atoms with van der Waals surface area (Å²) >= 11 is 3.57. The predicted molar refractivity (Wildman–Crippen MR) is 166 cm³/mol. The normalized spacial score (nSPS) is 11.7. The zero-order valence-corrected chi connectivity index (χ0v) is 27.1. The highest BCUT2D eigenvalue weighted by Gasteiger charge is 2.29. The fourth-order valence-corrected chi connectivity index (χ4v) is 6.27. The molecule has 0 amide bonds. The lowest BCUT2D eigenvalue weighted by Gasteiger charge is -2.21. The molecule has 0 fully saturated rings. The number of rotatable bonds is 10. The number of carboxylic acids is 1. The molecule has 10 heteroatoms. The molecule has 4 aromatic rings. The van der Waals surface area contributed by atoms with Crippen LogP contribution in [-0.2, 0) is 16.5 Å². The summed E-state index contributed by atoms with van der Waals surface area (Å²) in [6.45, 7) is 11.1. The Kier molecular flexibility index (Phi) is 9.22. The SMILES string of the molecule is Cc1oc(Cc2ccccc2Br)c(C(=O)c2cc(C(C)C)c(OS(=O)(=O)c3ccc(C(=O)O)c(O)c3)c(C(C)C)c2)c1C. The molecule has 0 aliphatic heterocycles. The topological polar surface area (TPSA) is 131 Å². The summed E-state index contributed by atoms with van der Waals surface area (Å²) in [6.07, 6.45) is 0.401. The third-order valence-corrected chi connectivity index (χ3v) is 9.32. The molecule has 0 radical (unpaired) electrons. The van der Waals surface area contributed by atoms with Crippen LogP contribution in [0.4, 0.5) is 0 Å². The van der Waals surface area contributed by atoms with Crippen molar-refractivity contribution in [2.24, 2.45) is 0 Å². The lowest BCUT2D eigenvalue weighted by Crippen LogP contribution is -2.15. The van der Waals surface area contributed by atoms with Gasteiger partial charge in [0, 0.05) is 28.1 Å². The molecule has 0 aliphatic carbocycles. The van der Waals surface area contributed by atoms with Gasteiger partial charge < -0.3 is 18.8 Å². The Hall–Kier alpha value is -3.89. The van der Waals surface area contributed by atoms with Crippen LogP contribution in [0.25, 0.3) is 0 Å². The summed E-state index contributed by atoms with van der Waals surface area (Å²) in [5, 5.41) is 19.3. The second-order valence-electron chi connectivity index (χ2n) is 11.0. The molecule has 1 heterocycles. The minimum absolute atomic E-state index is 0.0943. The Morgan fingerprint density at radius 2 is 1.56 bits per heavy atom. The van der Waals surface area contributed by atoms with E-state index in [4.69, 9.17) is 8.60 Å². The van der Waals surface area contributed by atoms with Crippen molar-refractivity contribution in [2.75, 3.05) is 0 Å². The maximum Gasteiger partial charge on any atom is 0.339 e. The van der Waals surface area contributed by atoms with Gasteiger partial charge in [0.05, 0.1) is 5.56 Å². The highest BCUT2D eigenvalue weighted by atomic mass is 79.9. The van der Waals surface area contributed by atoms with Gasteiger partial charge in [-0.2, -0.15) is 8.42 Å². The number of halogens is 1. The minimum Gasteiger partial charge on any atom is -0.507 e. The Morgan fingerprint density at radius 3 is 2.09 bits per heavy atom. The van der Waals surface area contributed by atoms with Crippen molar-refractivity contribution in [3.05, 3.63) is 110 Å². The standard InChI is InChI=1S/C33H33BrO8S/c1-17(2)25-13-22(31(36)30-19(5)20(6)41-29(30)15-21-9-7-8-10-27(21)34)14-26(18(3)4)32(25)42-43(39,40)23-11-12-24(33(37)38)28(35)16-23/h7-14,16-18,35H,15H2,1-6H3,(H,37,38). The number of ketones is 1.